The van der Waals surface area contributed by atoms with Gasteiger partial charge in [0.15, 0.2) is 5.54 Å². The molecule has 0 radical (unpaired) electrons. The number of hydrogen-bond acceptors (Lipinski definition) is 4. The van der Waals surface area contributed by atoms with Crippen molar-refractivity contribution in [2.75, 3.05) is 13.7 Å². The Hall–Kier alpha value is -2.67. The van der Waals surface area contributed by atoms with Crippen LogP contribution < -0.4 is 5.32 Å². The topological polar surface area (TPSA) is 93.5 Å². The monoisotopic (exact) mass is 317 g/mol. The quantitative estimate of drug-likeness (QED) is 0.799. The molecule has 122 valence electrons. The maximum absolute atomic E-state index is 12.2. The molecule has 0 saturated carbocycles. The SMILES string of the molecule is COCC(C)(NC(=O)c1cnn(Cc2ccccc2)c1)C(=O)O. The summed E-state index contributed by atoms with van der Waals surface area (Å²) in [5.74, 6) is -1.67. The summed E-state index contributed by atoms with van der Waals surface area (Å²) in [5.41, 5.74) is -0.144. The number of amides is 1. The van der Waals surface area contributed by atoms with E-state index in [0.717, 1.165) is 5.56 Å². The highest BCUT2D eigenvalue weighted by Crippen LogP contribution is 2.09. The molecule has 7 heteroatoms. The van der Waals surface area contributed by atoms with Crippen LogP contribution in [0.2, 0.25) is 0 Å². The first kappa shape index (κ1) is 16.7. The lowest BCUT2D eigenvalue weighted by Gasteiger charge is -2.24. The van der Waals surface area contributed by atoms with Gasteiger partial charge in [0.2, 0.25) is 0 Å². The number of carboxylic acid groups (broad SMARTS) is 1. The Morgan fingerprint density at radius 2 is 2.04 bits per heavy atom. The Morgan fingerprint density at radius 1 is 1.35 bits per heavy atom. The number of carbonyl (C=O) groups is 2. The molecule has 1 aromatic carbocycles. The van der Waals surface area contributed by atoms with Crippen LogP contribution in [-0.4, -0.2) is 46.0 Å². The number of benzene rings is 1. The molecule has 1 heterocycles. The highest BCUT2D eigenvalue weighted by atomic mass is 16.5. The molecule has 0 fully saturated rings. The molecular weight excluding hydrogens is 298 g/mol. The lowest BCUT2D eigenvalue weighted by molar-refractivity contribution is -0.145. The molecule has 1 amide bonds. The molecule has 23 heavy (non-hydrogen) atoms. The Bertz CT molecular complexity index is 684. The van der Waals surface area contributed by atoms with E-state index in [9.17, 15) is 14.7 Å². The first-order chi connectivity index (χ1) is 10.9. The highest BCUT2D eigenvalue weighted by Gasteiger charge is 2.35. The maximum Gasteiger partial charge on any atom is 0.331 e. The predicted octanol–water partition coefficient (Wildman–Crippen LogP) is 1.15. The number of nitrogens with one attached hydrogen (secondary N) is 1. The number of carbonyl (C=O) groups excluding carboxylic acids is 1. The molecule has 0 saturated heterocycles. The Morgan fingerprint density at radius 3 is 2.65 bits per heavy atom. The third-order valence-corrected chi connectivity index (χ3v) is 3.38. The maximum atomic E-state index is 12.2. The number of methoxy groups -OCH3 is 1. The first-order valence-corrected chi connectivity index (χ1v) is 7.06. The van der Waals surface area contributed by atoms with Crippen LogP contribution in [0.4, 0.5) is 0 Å². The summed E-state index contributed by atoms with van der Waals surface area (Å²) >= 11 is 0. The van der Waals surface area contributed by atoms with Crippen molar-refractivity contribution in [1.29, 1.82) is 0 Å². The zero-order valence-corrected chi connectivity index (χ0v) is 13.0. The molecule has 0 spiro atoms. The van der Waals surface area contributed by atoms with Gasteiger partial charge in [0, 0.05) is 13.3 Å². The Balaban J connectivity index is 2.07. The first-order valence-electron chi connectivity index (χ1n) is 7.06. The minimum absolute atomic E-state index is 0.133. The standard InChI is InChI=1S/C16H19N3O4/c1-16(11-23-2,15(21)22)18-14(20)13-8-17-19(10-13)9-12-6-4-3-5-7-12/h3-8,10H,9,11H2,1-2H3,(H,18,20)(H,21,22). The van der Waals surface area contributed by atoms with E-state index in [4.69, 9.17) is 4.74 Å². The van der Waals surface area contributed by atoms with Gasteiger partial charge in [0.1, 0.15) is 0 Å². The minimum Gasteiger partial charge on any atom is -0.479 e. The number of ether oxygens (including phenoxy) is 1. The van der Waals surface area contributed by atoms with Gasteiger partial charge in [-0.15, -0.1) is 0 Å². The number of carboxylic acids is 1. The third-order valence-electron chi connectivity index (χ3n) is 3.38. The van der Waals surface area contributed by atoms with E-state index in [-0.39, 0.29) is 6.61 Å². The lowest BCUT2D eigenvalue weighted by atomic mass is 10.0. The van der Waals surface area contributed by atoms with Crippen molar-refractivity contribution in [3.8, 4) is 0 Å². The molecule has 1 atom stereocenters. The van der Waals surface area contributed by atoms with Gasteiger partial charge < -0.3 is 15.2 Å². The summed E-state index contributed by atoms with van der Waals surface area (Å²) in [6.07, 6.45) is 2.99. The fraction of sp³-hybridized carbons (Fsp3) is 0.312. The van der Waals surface area contributed by atoms with E-state index >= 15 is 0 Å². The molecule has 2 rings (SSSR count). The van der Waals surface area contributed by atoms with Crippen molar-refractivity contribution >= 4 is 11.9 Å². The Kier molecular flexibility index (Phi) is 5.13. The molecule has 1 unspecified atom stereocenters. The summed E-state index contributed by atoms with van der Waals surface area (Å²) in [5, 5.41) is 15.8. The molecule has 0 aliphatic rings. The molecule has 2 N–H and O–H groups in total. The van der Waals surface area contributed by atoms with Crippen molar-refractivity contribution < 1.29 is 19.4 Å². The van der Waals surface area contributed by atoms with E-state index in [2.05, 4.69) is 10.4 Å². The molecular formula is C16H19N3O4. The van der Waals surface area contributed by atoms with Gasteiger partial charge in [-0.25, -0.2) is 4.79 Å². The van der Waals surface area contributed by atoms with Crippen molar-refractivity contribution in [2.24, 2.45) is 0 Å². The fourth-order valence-corrected chi connectivity index (χ4v) is 2.10. The predicted molar refractivity (Wildman–Crippen MR) is 83.2 cm³/mol. The van der Waals surface area contributed by atoms with E-state index in [1.165, 1.54) is 20.2 Å². The van der Waals surface area contributed by atoms with E-state index in [1.54, 1.807) is 10.9 Å². The van der Waals surface area contributed by atoms with Crippen molar-refractivity contribution in [3.63, 3.8) is 0 Å². The van der Waals surface area contributed by atoms with Gasteiger partial charge in [0.05, 0.1) is 24.9 Å². The van der Waals surface area contributed by atoms with Gasteiger partial charge in [-0.1, -0.05) is 30.3 Å². The van der Waals surface area contributed by atoms with Gasteiger partial charge in [-0.05, 0) is 12.5 Å². The van der Waals surface area contributed by atoms with Crippen LogP contribution in [0.25, 0.3) is 0 Å². The highest BCUT2D eigenvalue weighted by molar-refractivity contribution is 5.97. The van der Waals surface area contributed by atoms with Gasteiger partial charge in [-0.3, -0.25) is 9.48 Å². The summed E-state index contributed by atoms with van der Waals surface area (Å²) in [6.45, 7) is 1.79. The smallest absolute Gasteiger partial charge is 0.331 e. The summed E-state index contributed by atoms with van der Waals surface area (Å²) in [4.78, 5) is 23.5. The Labute approximate surface area is 133 Å². The van der Waals surface area contributed by atoms with Crippen LogP contribution in [0.5, 0.6) is 0 Å². The van der Waals surface area contributed by atoms with Gasteiger partial charge in [0.25, 0.3) is 5.91 Å². The van der Waals surface area contributed by atoms with Crippen molar-refractivity contribution in [3.05, 3.63) is 53.9 Å². The number of hydrogen-bond donors (Lipinski definition) is 2. The summed E-state index contributed by atoms with van der Waals surface area (Å²) < 4.78 is 6.50. The van der Waals surface area contributed by atoms with E-state index < -0.39 is 17.4 Å². The molecule has 1 aromatic heterocycles. The second-order valence-electron chi connectivity index (χ2n) is 5.44. The lowest BCUT2D eigenvalue weighted by Crippen LogP contribution is -2.55. The van der Waals surface area contributed by atoms with Gasteiger partial charge in [-0.2, -0.15) is 5.10 Å². The largest absolute Gasteiger partial charge is 0.479 e. The normalized spacial score (nSPS) is 13.3. The van der Waals surface area contributed by atoms with E-state index in [0.29, 0.717) is 12.1 Å². The molecule has 2 aromatic rings. The van der Waals surface area contributed by atoms with Crippen LogP contribution in [0, 0.1) is 0 Å². The number of nitrogens with zero attached hydrogens (tertiary/aromatic N) is 2. The average molecular weight is 317 g/mol. The van der Waals surface area contributed by atoms with Crippen molar-refractivity contribution in [1.82, 2.24) is 15.1 Å². The van der Waals surface area contributed by atoms with Crippen LogP contribution in [0.3, 0.4) is 0 Å². The van der Waals surface area contributed by atoms with Crippen LogP contribution in [-0.2, 0) is 16.1 Å². The summed E-state index contributed by atoms with van der Waals surface area (Å²) in [7, 11) is 1.38. The fourth-order valence-electron chi connectivity index (χ4n) is 2.10. The minimum atomic E-state index is -1.49. The zero-order chi connectivity index (χ0) is 16.9. The molecule has 0 aliphatic carbocycles. The zero-order valence-electron chi connectivity index (χ0n) is 13.0. The molecule has 7 nitrogen and oxygen atoms in total. The molecule has 0 bridgehead atoms. The van der Waals surface area contributed by atoms with Crippen LogP contribution >= 0.6 is 0 Å². The molecule has 0 aliphatic heterocycles. The van der Waals surface area contributed by atoms with Crippen LogP contribution in [0.15, 0.2) is 42.7 Å². The van der Waals surface area contributed by atoms with Crippen molar-refractivity contribution in [2.45, 2.75) is 19.0 Å². The average Bonchev–Trinajstić information content (AvgIpc) is 2.97. The number of aromatic nitrogens is 2. The van der Waals surface area contributed by atoms with Gasteiger partial charge >= 0.3 is 5.97 Å². The van der Waals surface area contributed by atoms with E-state index in [1.807, 2.05) is 30.3 Å². The third kappa shape index (κ3) is 4.17. The second kappa shape index (κ2) is 7.06. The second-order valence-corrected chi connectivity index (χ2v) is 5.44. The number of aliphatic carboxylic acids is 1. The van der Waals surface area contributed by atoms with Crippen LogP contribution in [0.1, 0.15) is 22.8 Å². The number of rotatable bonds is 7. The summed E-state index contributed by atoms with van der Waals surface area (Å²) in [6, 6.07) is 9.70.